The molecule has 0 radical (unpaired) electrons. The fourth-order valence-corrected chi connectivity index (χ4v) is 2.65. The van der Waals surface area contributed by atoms with Crippen LogP contribution in [0.3, 0.4) is 0 Å². The lowest BCUT2D eigenvalue weighted by Gasteiger charge is -2.05. The molecular weight excluding hydrogens is 198 g/mol. The van der Waals surface area contributed by atoms with Crippen LogP contribution in [-0.2, 0) is 0 Å². The first-order valence-electron chi connectivity index (χ1n) is 5.79. The van der Waals surface area contributed by atoms with E-state index in [1.165, 1.54) is 29.3 Å². The average molecular weight is 213 g/mol. The number of hydrogen-bond donors (Lipinski definition) is 0. The first-order chi connectivity index (χ1) is 7.74. The van der Waals surface area contributed by atoms with Gasteiger partial charge in [0.15, 0.2) is 6.29 Å². The van der Waals surface area contributed by atoms with Crippen LogP contribution in [0.25, 0.3) is 10.9 Å². The Kier molecular flexibility index (Phi) is 1.93. The molecule has 0 saturated heterocycles. The largest absolute Gasteiger partial charge is 0.335 e. The Balaban J connectivity index is 2.45. The highest BCUT2D eigenvalue weighted by Gasteiger charge is 2.28. The zero-order chi connectivity index (χ0) is 11.3. The first-order valence-corrected chi connectivity index (χ1v) is 5.79. The topological polar surface area (TPSA) is 22.0 Å². The molecule has 16 heavy (non-hydrogen) atoms. The van der Waals surface area contributed by atoms with Gasteiger partial charge in [0.2, 0.25) is 0 Å². The fraction of sp³-hybridized carbons (Fsp3) is 0.357. The van der Waals surface area contributed by atoms with Crippen molar-refractivity contribution in [3.05, 3.63) is 35.0 Å². The van der Waals surface area contributed by atoms with Gasteiger partial charge in [-0.15, -0.1) is 0 Å². The van der Waals surface area contributed by atoms with Crippen molar-refractivity contribution in [1.82, 2.24) is 4.57 Å². The molecule has 1 fully saturated rings. The number of nitrogens with zero attached hydrogens (tertiary/aromatic N) is 1. The third-order valence-electron chi connectivity index (χ3n) is 3.55. The average Bonchev–Trinajstić information content (AvgIpc) is 3.05. The summed E-state index contributed by atoms with van der Waals surface area (Å²) in [5.74, 6) is 0. The third-order valence-corrected chi connectivity index (χ3v) is 3.55. The second-order valence-corrected chi connectivity index (χ2v) is 4.70. The van der Waals surface area contributed by atoms with Gasteiger partial charge in [-0.05, 0) is 43.9 Å². The second-order valence-electron chi connectivity index (χ2n) is 4.70. The van der Waals surface area contributed by atoms with Crippen LogP contribution in [0.5, 0.6) is 0 Å². The van der Waals surface area contributed by atoms with Gasteiger partial charge >= 0.3 is 0 Å². The molecule has 2 heteroatoms. The molecule has 0 unspecified atom stereocenters. The van der Waals surface area contributed by atoms with Crippen LogP contribution in [-0.4, -0.2) is 10.9 Å². The fourth-order valence-electron chi connectivity index (χ4n) is 2.65. The van der Waals surface area contributed by atoms with Gasteiger partial charge in [0.05, 0.1) is 5.69 Å². The van der Waals surface area contributed by atoms with Crippen LogP contribution in [0.15, 0.2) is 18.2 Å². The molecule has 2 aromatic rings. The molecule has 2 nitrogen and oxygen atoms in total. The first kappa shape index (κ1) is 9.64. The van der Waals surface area contributed by atoms with Gasteiger partial charge in [0, 0.05) is 16.9 Å². The van der Waals surface area contributed by atoms with Crippen molar-refractivity contribution >= 4 is 17.2 Å². The lowest BCUT2D eigenvalue weighted by molar-refractivity contribution is 0.111. The van der Waals surface area contributed by atoms with Gasteiger partial charge in [0.1, 0.15) is 0 Å². The van der Waals surface area contributed by atoms with Crippen molar-refractivity contribution in [3.63, 3.8) is 0 Å². The number of aryl methyl sites for hydroxylation is 2. The summed E-state index contributed by atoms with van der Waals surface area (Å²) in [4.78, 5) is 11.2. The van der Waals surface area contributed by atoms with Crippen LogP contribution in [0.2, 0.25) is 0 Å². The number of aldehydes is 1. The van der Waals surface area contributed by atoms with Crippen molar-refractivity contribution in [1.29, 1.82) is 0 Å². The SMILES string of the molecule is Cc1cccc2c1c(C)c(C=O)n2C1CC1. The zero-order valence-corrected chi connectivity index (χ0v) is 9.66. The van der Waals surface area contributed by atoms with Crippen LogP contribution in [0, 0.1) is 13.8 Å². The second kappa shape index (κ2) is 3.21. The van der Waals surface area contributed by atoms with E-state index in [2.05, 4.69) is 36.6 Å². The van der Waals surface area contributed by atoms with Gasteiger partial charge < -0.3 is 4.57 Å². The summed E-state index contributed by atoms with van der Waals surface area (Å²) in [6.07, 6.45) is 3.42. The van der Waals surface area contributed by atoms with Gasteiger partial charge in [-0.1, -0.05) is 12.1 Å². The molecule has 0 aliphatic heterocycles. The van der Waals surface area contributed by atoms with E-state index in [1.807, 2.05) is 0 Å². The lowest BCUT2D eigenvalue weighted by atomic mass is 10.1. The molecule has 1 aliphatic rings. The Morgan fingerprint density at radius 3 is 2.69 bits per heavy atom. The highest BCUT2D eigenvalue weighted by Crippen LogP contribution is 2.41. The van der Waals surface area contributed by atoms with Crippen LogP contribution >= 0.6 is 0 Å². The lowest BCUT2D eigenvalue weighted by Crippen LogP contribution is -1.99. The summed E-state index contributed by atoms with van der Waals surface area (Å²) in [5, 5.41) is 1.26. The number of carbonyl (C=O) groups excluding carboxylic acids is 1. The van der Waals surface area contributed by atoms with Crippen molar-refractivity contribution in [3.8, 4) is 0 Å². The molecule has 1 aromatic carbocycles. The summed E-state index contributed by atoms with van der Waals surface area (Å²) in [7, 11) is 0. The third kappa shape index (κ3) is 1.16. The molecule has 0 N–H and O–H groups in total. The van der Waals surface area contributed by atoms with E-state index >= 15 is 0 Å². The smallest absolute Gasteiger partial charge is 0.166 e. The van der Waals surface area contributed by atoms with Crippen molar-refractivity contribution < 1.29 is 4.79 Å². The summed E-state index contributed by atoms with van der Waals surface area (Å²) < 4.78 is 2.23. The van der Waals surface area contributed by atoms with E-state index in [4.69, 9.17) is 0 Å². The predicted molar refractivity (Wildman–Crippen MR) is 65.1 cm³/mol. The Bertz CT molecular complexity index is 576. The highest BCUT2D eigenvalue weighted by atomic mass is 16.1. The van der Waals surface area contributed by atoms with Gasteiger partial charge in [0.25, 0.3) is 0 Å². The molecular formula is C14H15NO. The maximum Gasteiger partial charge on any atom is 0.166 e. The van der Waals surface area contributed by atoms with Gasteiger partial charge in [-0.25, -0.2) is 0 Å². The Labute approximate surface area is 94.9 Å². The van der Waals surface area contributed by atoms with Gasteiger partial charge in [-0.2, -0.15) is 0 Å². The summed E-state index contributed by atoms with van der Waals surface area (Å²) in [5.41, 5.74) is 4.49. The summed E-state index contributed by atoms with van der Waals surface area (Å²) in [6.45, 7) is 4.17. The molecule has 0 atom stereocenters. The highest BCUT2D eigenvalue weighted by molar-refractivity contribution is 5.95. The minimum atomic E-state index is 0.554. The number of carbonyl (C=O) groups is 1. The Morgan fingerprint density at radius 1 is 1.31 bits per heavy atom. The molecule has 0 bridgehead atoms. The number of fused-ring (bicyclic) bond motifs is 1. The van der Waals surface area contributed by atoms with Crippen molar-refractivity contribution in [2.24, 2.45) is 0 Å². The number of aromatic nitrogens is 1. The van der Waals surface area contributed by atoms with Crippen LogP contribution in [0.4, 0.5) is 0 Å². The molecule has 82 valence electrons. The molecule has 0 spiro atoms. The number of benzene rings is 1. The maximum atomic E-state index is 11.2. The van der Waals surface area contributed by atoms with Crippen LogP contribution in [0.1, 0.15) is 40.5 Å². The van der Waals surface area contributed by atoms with E-state index in [-0.39, 0.29) is 0 Å². The van der Waals surface area contributed by atoms with E-state index in [0.717, 1.165) is 17.5 Å². The molecule has 1 aliphatic carbocycles. The molecule has 1 aromatic heterocycles. The van der Waals surface area contributed by atoms with E-state index < -0.39 is 0 Å². The molecule has 3 rings (SSSR count). The molecule has 0 amide bonds. The quantitative estimate of drug-likeness (QED) is 0.701. The van der Waals surface area contributed by atoms with Crippen LogP contribution < -0.4 is 0 Å². The normalized spacial score (nSPS) is 15.6. The van der Waals surface area contributed by atoms with E-state index in [9.17, 15) is 4.79 Å². The van der Waals surface area contributed by atoms with Crippen molar-refractivity contribution in [2.45, 2.75) is 32.7 Å². The van der Waals surface area contributed by atoms with E-state index in [0.29, 0.717) is 6.04 Å². The van der Waals surface area contributed by atoms with Crippen molar-refractivity contribution in [2.75, 3.05) is 0 Å². The zero-order valence-electron chi connectivity index (χ0n) is 9.66. The summed E-state index contributed by atoms with van der Waals surface area (Å²) >= 11 is 0. The predicted octanol–water partition coefficient (Wildman–Crippen LogP) is 3.41. The van der Waals surface area contributed by atoms with E-state index in [1.54, 1.807) is 0 Å². The minimum absolute atomic E-state index is 0.554. The Hall–Kier alpha value is -1.57. The maximum absolute atomic E-state index is 11.2. The standard InChI is InChI=1S/C14H15NO/c1-9-4-3-5-12-14(9)10(2)13(8-16)15(12)11-6-7-11/h3-5,8,11H,6-7H2,1-2H3. The van der Waals surface area contributed by atoms with Gasteiger partial charge in [-0.3, -0.25) is 4.79 Å². The molecule has 1 heterocycles. The number of hydrogen-bond acceptors (Lipinski definition) is 1. The summed E-state index contributed by atoms with van der Waals surface area (Å²) in [6, 6.07) is 6.87. The minimum Gasteiger partial charge on any atom is -0.335 e. The number of rotatable bonds is 2. The molecule has 1 saturated carbocycles. The monoisotopic (exact) mass is 213 g/mol. The Morgan fingerprint density at radius 2 is 2.06 bits per heavy atom.